The van der Waals surface area contributed by atoms with Gasteiger partial charge in [-0.25, -0.2) is 9.97 Å². The molecule has 2 aromatic heterocycles. The maximum atomic E-state index is 6.37. The topological polar surface area (TPSA) is 60.7 Å². The second-order valence-corrected chi connectivity index (χ2v) is 6.54. The van der Waals surface area contributed by atoms with Crippen molar-refractivity contribution < 1.29 is 9.47 Å². The van der Waals surface area contributed by atoms with E-state index in [1.54, 1.807) is 19.6 Å². The van der Waals surface area contributed by atoms with Crippen LogP contribution in [0.1, 0.15) is 5.56 Å². The average molecular weight is 383 g/mol. The zero-order valence-corrected chi connectivity index (χ0v) is 15.8. The van der Waals surface area contributed by atoms with Gasteiger partial charge in [0.05, 0.1) is 35.4 Å². The van der Waals surface area contributed by atoms with Gasteiger partial charge in [-0.05, 0) is 30.7 Å². The number of nitrogens with one attached hydrogen (secondary N) is 1. The number of hydrogen-bond donors (Lipinski definition) is 1. The van der Waals surface area contributed by atoms with E-state index in [-0.39, 0.29) is 0 Å². The lowest BCUT2D eigenvalue weighted by atomic mass is 10.2. The SMILES string of the molecule is COCCOc1cccc2nc(Nc3c(C)cccc3Cl)c3cncn3c12. The number of halogens is 1. The maximum absolute atomic E-state index is 6.37. The number of imidazole rings is 1. The highest BCUT2D eigenvalue weighted by molar-refractivity contribution is 6.33. The molecule has 1 N–H and O–H groups in total. The van der Waals surface area contributed by atoms with Gasteiger partial charge in [-0.15, -0.1) is 0 Å². The number of benzene rings is 2. The van der Waals surface area contributed by atoms with E-state index in [4.69, 9.17) is 26.1 Å². The monoisotopic (exact) mass is 382 g/mol. The lowest BCUT2D eigenvalue weighted by Crippen LogP contribution is -2.06. The normalized spacial score (nSPS) is 11.2. The molecule has 0 fully saturated rings. The fourth-order valence-electron chi connectivity index (χ4n) is 3.02. The molecule has 7 heteroatoms. The lowest BCUT2D eigenvalue weighted by molar-refractivity contribution is 0.147. The summed E-state index contributed by atoms with van der Waals surface area (Å²) < 4.78 is 12.9. The van der Waals surface area contributed by atoms with Crippen LogP contribution < -0.4 is 10.1 Å². The number of para-hydroxylation sites is 2. The van der Waals surface area contributed by atoms with Crippen LogP contribution in [0.3, 0.4) is 0 Å². The molecule has 0 aliphatic heterocycles. The van der Waals surface area contributed by atoms with Crippen LogP contribution >= 0.6 is 11.6 Å². The van der Waals surface area contributed by atoms with Crippen molar-refractivity contribution in [1.82, 2.24) is 14.4 Å². The summed E-state index contributed by atoms with van der Waals surface area (Å²) in [5, 5.41) is 4.01. The summed E-state index contributed by atoms with van der Waals surface area (Å²) in [7, 11) is 1.65. The summed E-state index contributed by atoms with van der Waals surface area (Å²) in [4.78, 5) is 9.11. The van der Waals surface area contributed by atoms with E-state index in [0.29, 0.717) is 24.1 Å². The van der Waals surface area contributed by atoms with Crippen molar-refractivity contribution in [2.45, 2.75) is 6.92 Å². The number of methoxy groups -OCH3 is 1. The fourth-order valence-corrected chi connectivity index (χ4v) is 3.29. The molecule has 0 atom stereocenters. The molecule has 2 heterocycles. The molecule has 0 saturated heterocycles. The van der Waals surface area contributed by atoms with Crippen LogP contribution in [0.25, 0.3) is 16.6 Å². The molecule has 0 unspecified atom stereocenters. The van der Waals surface area contributed by atoms with Crippen molar-refractivity contribution in [3.63, 3.8) is 0 Å². The molecule has 0 bridgehead atoms. The maximum Gasteiger partial charge on any atom is 0.157 e. The summed E-state index contributed by atoms with van der Waals surface area (Å²) in [5.41, 5.74) is 4.37. The van der Waals surface area contributed by atoms with E-state index in [0.717, 1.165) is 33.6 Å². The third-order valence-electron chi connectivity index (χ3n) is 4.34. The zero-order chi connectivity index (χ0) is 18.8. The summed E-state index contributed by atoms with van der Waals surface area (Å²) in [6, 6.07) is 11.6. The number of aromatic nitrogens is 3. The fraction of sp³-hybridized carbons (Fsp3) is 0.200. The van der Waals surface area contributed by atoms with Crippen LogP contribution in [0.15, 0.2) is 48.9 Å². The standard InChI is InChI=1S/C20H19ClN4O2/c1-13-5-3-6-14(21)18(13)24-20-16-11-22-12-25(16)19-15(23-20)7-4-8-17(19)27-10-9-26-2/h3-8,11-12H,9-10H2,1-2H3,(H,23,24). The molecule has 0 aliphatic carbocycles. The minimum absolute atomic E-state index is 0.463. The van der Waals surface area contributed by atoms with Gasteiger partial charge in [0.25, 0.3) is 0 Å². The molecule has 0 spiro atoms. The highest BCUT2D eigenvalue weighted by Gasteiger charge is 2.14. The first-order valence-electron chi connectivity index (χ1n) is 8.57. The Morgan fingerprint density at radius 3 is 2.81 bits per heavy atom. The number of rotatable bonds is 6. The van der Waals surface area contributed by atoms with Crippen LogP contribution in [0, 0.1) is 6.92 Å². The third kappa shape index (κ3) is 3.29. The van der Waals surface area contributed by atoms with Crippen molar-refractivity contribution in [1.29, 1.82) is 0 Å². The van der Waals surface area contributed by atoms with Gasteiger partial charge in [-0.1, -0.05) is 29.8 Å². The largest absolute Gasteiger partial charge is 0.489 e. The van der Waals surface area contributed by atoms with Crippen LogP contribution in [-0.2, 0) is 4.74 Å². The third-order valence-corrected chi connectivity index (χ3v) is 4.66. The zero-order valence-electron chi connectivity index (χ0n) is 15.1. The second-order valence-electron chi connectivity index (χ2n) is 6.13. The van der Waals surface area contributed by atoms with Crippen LogP contribution in [0.5, 0.6) is 5.75 Å². The molecule has 27 heavy (non-hydrogen) atoms. The van der Waals surface area contributed by atoms with Crippen LogP contribution in [0.2, 0.25) is 5.02 Å². The van der Waals surface area contributed by atoms with E-state index < -0.39 is 0 Å². The van der Waals surface area contributed by atoms with Gasteiger partial charge in [0.15, 0.2) is 5.82 Å². The minimum atomic E-state index is 0.463. The molecule has 0 radical (unpaired) electrons. The van der Waals surface area contributed by atoms with Crippen molar-refractivity contribution >= 4 is 39.7 Å². The first-order chi connectivity index (χ1) is 13.2. The number of fused-ring (bicyclic) bond motifs is 3. The summed E-state index contributed by atoms with van der Waals surface area (Å²) >= 11 is 6.37. The number of aryl methyl sites for hydroxylation is 1. The van der Waals surface area contributed by atoms with Crippen molar-refractivity contribution in [3.8, 4) is 5.75 Å². The smallest absolute Gasteiger partial charge is 0.157 e. The van der Waals surface area contributed by atoms with Gasteiger partial charge in [-0.2, -0.15) is 0 Å². The molecule has 4 rings (SSSR count). The van der Waals surface area contributed by atoms with Crippen molar-refractivity contribution in [2.24, 2.45) is 0 Å². The summed E-state index contributed by atoms with van der Waals surface area (Å²) in [5.74, 6) is 1.42. The Balaban J connectivity index is 1.84. The van der Waals surface area contributed by atoms with E-state index in [2.05, 4.69) is 10.3 Å². The first kappa shape index (κ1) is 17.6. The predicted octanol–water partition coefficient (Wildman–Crippen LogP) is 4.61. The average Bonchev–Trinajstić information content (AvgIpc) is 3.15. The summed E-state index contributed by atoms with van der Waals surface area (Å²) in [6.07, 6.45) is 3.53. The number of anilines is 2. The van der Waals surface area contributed by atoms with E-state index >= 15 is 0 Å². The lowest BCUT2D eigenvalue weighted by Gasteiger charge is -2.15. The Morgan fingerprint density at radius 1 is 1.15 bits per heavy atom. The Labute approximate surface area is 161 Å². The Morgan fingerprint density at radius 2 is 2.00 bits per heavy atom. The number of hydrogen-bond acceptors (Lipinski definition) is 5. The van der Waals surface area contributed by atoms with Gasteiger partial charge >= 0.3 is 0 Å². The predicted molar refractivity (Wildman–Crippen MR) is 107 cm³/mol. The molecular formula is C20H19ClN4O2. The van der Waals surface area contributed by atoms with Gasteiger partial charge < -0.3 is 14.8 Å². The highest BCUT2D eigenvalue weighted by Crippen LogP contribution is 2.33. The Kier molecular flexibility index (Phi) is 4.83. The molecule has 0 amide bonds. The summed E-state index contributed by atoms with van der Waals surface area (Å²) in [6.45, 7) is 2.98. The molecule has 0 aliphatic rings. The van der Waals surface area contributed by atoms with Gasteiger partial charge in [0.1, 0.15) is 23.4 Å². The van der Waals surface area contributed by atoms with Crippen molar-refractivity contribution in [2.75, 3.05) is 25.6 Å². The van der Waals surface area contributed by atoms with E-state index in [1.807, 2.05) is 47.7 Å². The number of ether oxygens (including phenoxy) is 2. The first-order valence-corrected chi connectivity index (χ1v) is 8.95. The molecular weight excluding hydrogens is 364 g/mol. The molecule has 2 aromatic carbocycles. The molecule has 4 aromatic rings. The van der Waals surface area contributed by atoms with Gasteiger partial charge in [-0.3, -0.25) is 4.40 Å². The second kappa shape index (κ2) is 7.42. The quantitative estimate of drug-likeness (QED) is 0.493. The van der Waals surface area contributed by atoms with Gasteiger partial charge in [0, 0.05) is 7.11 Å². The van der Waals surface area contributed by atoms with Crippen LogP contribution in [0.4, 0.5) is 11.5 Å². The molecule has 0 saturated carbocycles. The van der Waals surface area contributed by atoms with Crippen molar-refractivity contribution in [3.05, 3.63) is 59.5 Å². The van der Waals surface area contributed by atoms with E-state index in [1.165, 1.54) is 0 Å². The minimum Gasteiger partial charge on any atom is -0.489 e. The highest BCUT2D eigenvalue weighted by atomic mass is 35.5. The molecule has 6 nitrogen and oxygen atoms in total. The molecule has 138 valence electrons. The Bertz CT molecular complexity index is 1090. The number of nitrogens with zero attached hydrogens (tertiary/aromatic N) is 3. The Hall–Kier alpha value is -2.83. The van der Waals surface area contributed by atoms with Gasteiger partial charge in [0.2, 0.25) is 0 Å². The van der Waals surface area contributed by atoms with E-state index in [9.17, 15) is 0 Å². The van der Waals surface area contributed by atoms with Crippen LogP contribution in [-0.4, -0.2) is 34.7 Å².